The fraction of sp³-hybridized carbons (Fsp3) is 0.115. The zero-order chi connectivity index (χ0) is 24.4. The Morgan fingerprint density at radius 1 is 0.943 bits per heavy atom. The summed E-state index contributed by atoms with van der Waals surface area (Å²) in [7, 11) is 0. The third-order valence-corrected chi connectivity index (χ3v) is 6.32. The predicted molar refractivity (Wildman–Crippen MR) is 140 cm³/mol. The topological polar surface area (TPSA) is 96.5 Å². The third kappa shape index (κ3) is 5.09. The summed E-state index contributed by atoms with van der Waals surface area (Å²) >= 11 is 7.67. The van der Waals surface area contributed by atoms with E-state index in [1.807, 2.05) is 62.4 Å². The number of aromatic nitrogens is 5. The summed E-state index contributed by atoms with van der Waals surface area (Å²) in [5.74, 6) is 0. The molecule has 0 radical (unpaired) electrons. The van der Waals surface area contributed by atoms with Crippen molar-refractivity contribution in [1.82, 2.24) is 29.6 Å². The number of fused-ring (bicyclic) bond motifs is 1. The quantitative estimate of drug-likeness (QED) is 0.234. The van der Waals surface area contributed by atoms with Crippen molar-refractivity contribution >= 4 is 34.7 Å². The van der Waals surface area contributed by atoms with Crippen LogP contribution in [0.5, 0.6) is 0 Å². The standard InChI is InChI=1S/C26H21ClN6OS/c1-15-8-9-20(14-28-15)35-30-13-19-12-29-26-24(25(19)34)32-23(18-10-16(2)31-21(27)11-18)22(33-26)17-6-4-3-5-7-17/h3-12,14,30H,13H2,1-2H3,(H,29,33,34). The Bertz CT molecular complexity index is 1550. The molecule has 0 aliphatic heterocycles. The van der Waals surface area contributed by atoms with Gasteiger partial charge in [0.1, 0.15) is 5.15 Å². The molecular formula is C26H21ClN6OS. The predicted octanol–water partition coefficient (Wildman–Crippen LogP) is 5.51. The lowest BCUT2D eigenvalue weighted by atomic mass is 10.0. The van der Waals surface area contributed by atoms with Crippen molar-refractivity contribution in [3.05, 3.63) is 99.3 Å². The second kappa shape index (κ2) is 9.95. The first kappa shape index (κ1) is 23.2. The van der Waals surface area contributed by atoms with E-state index in [2.05, 4.69) is 19.7 Å². The Balaban J connectivity index is 1.56. The van der Waals surface area contributed by atoms with E-state index in [4.69, 9.17) is 21.6 Å². The minimum Gasteiger partial charge on any atom is -0.344 e. The molecule has 5 aromatic rings. The summed E-state index contributed by atoms with van der Waals surface area (Å²) in [6.07, 6.45) is 3.48. The van der Waals surface area contributed by atoms with Crippen molar-refractivity contribution in [3.8, 4) is 22.5 Å². The van der Waals surface area contributed by atoms with Crippen LogP contribution in [0.4, 0.5) is 0 Å². The van der Waals surface area contributed by atoms with Crippen LogP contribution >= 0.6 is 23.5 Å². The average Bonchev–Trinajstić information content (AvgIpc) is 2.86. The molecule has 0 amide bonds. The van der Waals surface area contributed by atoms with Gasteiger partial charge in [0, 0.05) is 51.9 Å². The molecule has 0 aliphatic rings. The molecule has 0 atom stereocenters. The first-order valence-electron chi connectivity index (χ1n) is 10.9. The first-order valence-corrected chi connectivity index (χ1v) is 12.1. The van der Waals surface area contributed by atoms with E-state index in [9.17, 15) is 4.79 Å². The largest absolute Gasteiger partial charge is 0.344 e. The van der Waals surface area contributed by atoms with E-state index in [1.165, 1.54) is 11.9 Å². The molecular weight excluding hydrogens is 480 g/mol. The Morgan fingerprint density at radius 3 is 2.49 bits per heavy atom. The molecule has 5 rings (SSSR count). The molecule has 174 valence electrons. The van der Waals surface area contributed by atoms with E-state index >= 15 is 0 Å². The highest BCUT2D eigenvalue weighted by atomic mass is 35.5. The van der Waals surface area contributed by atoms with Gasteiger partial charge in [-0.05, 0) is 50.1 Å². The van der Waals surface area contributed by atoms with Gasteiger partial charge in [-0.1, -0.05) is 41.9 Å². The lowest BCUT2D eigenvalue weighted by molar-refractivity contribution is 0.952. The number of rotatable bonds is 6. The van der Waals surface area contributed by atoms with Crippen LogP contribution in [0.25, 0.3) is 33.7 Å². The Hall–Kier alpha value is -3.59. The number of hydrogen-bond donors (Lipinski definition) is 2. The monoisotopic (exact) mass is 500 g/mol. The van der Waals surface area contributed by atoms with Gasteiger partial charge >= 0.3 is 0 Å². The van der Waals surface area contributed by atoms with Gasteiger partial charge in [0.15, 0.2) is 11.2 Å². The average molecular weight is 501 g/mol. The van der Waals surface area contributed by atoms with E-state index in [0.29, 0.717) is 34.3 Å². The number of H-pyrrole nitrogens is 1. The number of halogens is 1. The summed E-state index contributed by atoms with van der Waals surface area (Å²) in [6, 6.07) is 17.3. The Kier molecular flexibility index (Phi) is 6.59. The van der Waals surface area contributed by atoms with Crippen LogP contribution in [0.3, 0.4) is 0 Å². The molecule has 0 aliphatic carbocycles. The van der Waals surface area contributed by atoms with Crippen LogP contribution in [0, 0.1) is 13.8 Å². The van der Waals surface area contributed by atoms with Gasteiger partial charge in [-0.2, -0.15) is 0 Å². The molecule has 9 heteroatoms. The zero-order valence-corrected chi connectivity index (χ0v) is 20.6. The number of nitrogens with zero attached hydrogens (tertiary/aromatic N) is 4. The van der Waals surface area contributed by atoms with Crippen molar-refractivity contribution in [2.24, 2.45) is 0 Å². The summed E-state index contributed by atoms with van der Waals surface area (Å²) in [4.78, 5) is 35.6. The van der Waals surface area contributed by atoms with Gasteiger partial charge in [-0.25, -0.2) is 15.0 Å². The smallest absolute Gasteiger partial charge is 0.213 e. The second-order valence-corrected chi connectivity index (χ2v) is 9.36. The third-order valence-electron chi connectivity index (χ3n) is 5.37. The highest BCUT2D eigenvalue weighted by molar-refractivity contribution is 7.97. The molecule has 0 saturated heterocycles. The van der Waals surface area contributed by atoms with E-state index in [1.54, 1.807) is 18.5 Å². The molecule has 0 unspecified atom stereocenters. The van der Waals surface area contributed by atoms with Crippen molar-refractivity contribution in [2.45, 2.75) is 25.3 Å². The van der Waals surface area contributed by atoms with Crippen molar-refractivity contribution in [2.75, 3.05) is 0 Å². The molecule has 1 aromatic carbocycles. The maximum Gasteiger partial charge on any atom is 0.213 e. The molecule has 0 spiro atoms. The molecule has 0 fully saturated rings. The van der Waals surface area contributed by atoms with Crippen LogP contribution in [0.15, 0.2) is 76.7 Å². The Labute approximate surface area is 211 Å². The van der Waals surface area contributed by atoms with Crippen molar-refractivity contribution in [1.29, 1.82) is 0 Å². The maximum absolute atomic E-state index is 13.4. The molecule has 0 bridgehead atoms. The summed E-state index contributed by atoms with van der Waals surface area (Å²) in [5, 5.41) is 0.357. The van der Waals surface area contributed by atoms with Crippen LogP contribution in [-0.2, 0) is 6.54 Å². The van der Waals surface area contributed by atoms with Gasteiger partial charge in [0.05, 0.1) is 11.4 Å². The highest BCUT2D eigenvalue weighted by Crippen LogP contribution is 2.31. The van der Waals surface area contributed by atoms with Gasteiger partial charge in [-0.3, -0.25) is 14.5 Å². The lowest BCUT2D eigenvalue weighted by Crippen LogP contribution is -2.17. The summed E-state index contributed by atoms with van der Waals surface area (Å²) in [5.41, 5.74) is 5.65. The number of nitrogens with one attached hydrogen (secondary N) is 2. The first-order chi connectivity index (χ1) is 17.0. The molecule has 35 heavy (non-hydrogen) atoms. The van der Waals surface area contributed by atoms with E-state index in [0.717, 1.165) is 27.4 Å². The van der Waals surface area contributed by atoms with E-state index < -0.39 is 0 Å². The van der Waals surface area contributed by atoms with Gasteiger partial charge in [0.25, 0.3) is 0 Å². The van der Waals surface area contributed by atoms with Crippen LogP contribution in [0.2, 0.25) is 5.15 Å². The SMILES string of the molecule is Cc1ccc(SNCc2c[nH]c3nc(-c4ccccc4)c(-c4cc(C)nc(Cl)c4)nc3c2=O)cn1. The second-order valence-electron chi connectivity index (χ2n) is 8.01. The highest BCUT2D eigenvalue weighted by Gasteiger charge is 2.17. The van der Waals surface area contributed by atoms with Crippen LogP contribution < -0.4 is 10.2 Å². The maximum atomic E-state index is 13.4. The van der Waals surface area contributed by atoms with Gasteiger partial charge in [-0.15, -0.1) is 0 Å². The number of benzene rings is 1. The lowest BCUT2D eigenvalue weighted by Gasteiger charge is -2.12. The normalized spacial score (nSPS) is 11.2. The zero-order valence-electron chi connectivity index (χ0n) is 19.0. The summed E-state index contributed by atoms with van der Waals surface area (Å²) < 4.78 is 3.22. The number of aromatic amines is 1. The van der Waals surface area contributed by atoms with Gasteiger partial charge in [0.2, 0.25) is 5.43 Å². The van der Waals surface area contributed by atoms with Crippen LogP contribution in [0.1, 0.15) is 17.0 Å². The minimum atomic E-state index is -0.181. The fourth-order valence-corrected chi connectivity index (χ4v) is 4.56. The van der Waals surface area contributed by atoms with Crippen LogP contribution in [-0.4, -0.2) is 24.9 Å². The molecule has 2 N–H and O–H groups in total. The fourth-order valence-electron chi connectivity index (χ4n) is 3.67. The number of pyridine rings is 3. The minimum absolute atomic E-state index is 0.181. The molecule has 4 aromatic heterocycles. The van der Waals surface area contributed by atoms with Crippen molar-refractivity contribution < 1.29 is 0 Å². The molecule has 0 saturated carbocycles. The van der Waals surface area contributed by atoms with Gasteiger partial charge < -0.3 is 4.98 Å². The van der Waals surface area contributed by atoms with Crippen molar-refractivity contribution in [3.63, 3.8) is 0 Å². The Morgan fingerprint density at radius 2 is 1.74 bits per heavy atom. The molecule has 4 heterocycles. The summed E-state index contributed by atoms with van der Waals surface area (Å²) in [6.45, 7) is 4.15. The molecule has 7 nitrogen and oxygen atoms in total. The van der Waals surface area contributed by atoms with E-state index in [-0.39, 0.29) is 10.9 Å². The number of hydrogen-bond acceptors (Lipinski definition) is 7. The number of aryl methyl sites for hydroxylation is 2.